The summed E-state index contributed by atoms with van der Waals surface area (Å²) in [6.07, 6.45) is 3.44. The van der Waals surface area contributed by atoms with Crippen molar-refractivity contribution >= 4 is 65.7 Å². The smallest absolute Gasteiger partial charge is 0.261 e. The first-order chi connectivity index (χ1) is 30.5. The van der Waals surface area contributed by atoms with Crippen LogP contribution in [-0.4, -0.2) is 88.5 Å². The maximum absolute atomic E-state index is 13.1. The normalized spacial score (nSPS) is 19.0. The summed E-state index contributed by atoms with van der Waals surface area (Å²) in [5.41, 5.74) is 4.75. The fourth-order valence-electron chi connectivity index (χ4n) is 8.16. The molecule has 0 saturated carbocycles. The molecule has 4 heterocycles. The summed E-state index contributed by atoms with van der Waals surface area (Å²) in [7, 11) is -7.74. The minimum absolute atomic E-state index is 0.109. The van der Waals surface area contributed by atoms with E-state index in [9.17, 15) is 26.4 Å². The molecule has 2 saturated heterocycles. The summed E-state index contributed by atoms with van der Waals surface area (Å²) in [6, 6.07) is 30.8. The fourth-order valence-corrected chi connectivity index (χ4v) is 11.0. The predicted octanol–water partition coefficient (Wildman–Crippen LogP) is 7.67. The third-order valence-corrected chi connectivity index (χ3v) is 14.7. The monoisotopic (exact) mass is 922 g/mol. The Balaban J connectivity index is 0.000000191. The molecular weight excluding hydrogens is 869 g/mol. The number of piperazine rings is 2. The number of hydrogen-bond donors (Lipinski definition) is 4. The number of sulfonamides is 2. The van der Waals surface area contributed by atoms with Crippen molar-refractivity contribution in [2.45, 2.75) is 75.5 Å². The molecule has 17 heteroatoms. The van der Waals surface area contributed by atoms with E-state index in [2.05, 4.69) is 62.7 Å². The molecule has 0 bridgehead atoms. The van der Waals surface area contributed by atoms with Gasteiger partial charge < -0.3 is 20.4 Å². The van der Waals surface area contributed by atoms with Crippen LogP contribution >= 0.6 is 11.3 Å². The Kier molecular flexibility index (Phi) is 14.1. The zero-order valence-electron chi connectivity index (χ0n) is 36.6. The Labute approximate surface area is 379 Å². The minimum Gasteiger partial charge on any atom is -0.368 e. The van der Waals surface area contributed by atoms with E-state index in [-0.39, 0.29) is 27.0 Å². The fraction of sp³-hybridized carbons (Fsp3) is 0.298. The molecule has 6 aromatic rings. The van der Waals surface area contributed by atoms with E-state index in [4.69, 9.17) is 0 Å². The second-order valence-electron chi connectivity index (χ2n) is 16.5. The van der Waals surface area contributed by atoms with Crippen LogP contribution in [0.3, 0.4) is 0 Å². The molecule has 4 N–H and O–H groups in total. The summed E-state index contributed by atoms with van der Waals surface area (Å²) in [5.74, 6) is -0.394. The van der Waals surface area contributed by atoms with Gasteiger partial charge >= 0.3 is 0 Å². The van der Waals surface area contributed by atoms with Crippen molar-refractivity contribution in [3.05, 3.63) is 132 Å². The van der Waals surface area contributed by atoms with Gasteiger partial charge in [0.2, 0.25) is 0 Å². The van der Waals surface area contributed by atoms with Gasteiger partial charge in [-0.15, -0.1) is 11.3 Å². The Morgan fingerprint density at radius 1 is 0.609 bits per heavy atom. The summed E-state index contributed by atoms with van der Waals surface area (Å²) in [4.78, 5) is 30.1. The van der Waals surface area contributed by atoms with Gasteiger partial charge in [0.25, 0.3) is 20.0 Å². The lowest BCUT2D eigenvalue weighted by Gasteiger charge is -2.38. The van der Waals surface area contributed by atoms with Crippen LogP contribution in [0, 0.1) is 0 Å². The van der Waals surface area contributed by atoms with Gasteiger partial charge in [-0.1, -0.05) is 18.2 Å². The van der Waals surface area contributed by atoms with Gasteiger partial charge in [-0.2, -0.15) is 5.10 Å². The van der Waals surface area contributed by atoms with Gasteiger partial charge in [0.05, 0.1) is 26.9 Å². The lowest BCUT2D eigenvalue weighted by molar-refractivity contribution is 0.101. The number of Topliss-reactive ketones (excluding diaryl/α,β-unsaturated/α-hetero) is 2. The largest absolute Gasteiger partial charge is 0.368 e. The summed E-state index contributed by atoms with van der Waals surface area (Å²) < 4.78 is 59.4. The van der Waals surface area contributed by atoms with E-state index in [0.717, 1.165) is 53.7 Å². The number of carbonyl (C=O) groups excluding carboxylic acids is 2. The molecule has 0 spiro atoms. The first-order valence-corrected chi connectivity index (χ1v) is 24.9. The van der Waals surface area contributed by atoms with Crippen molar-refractivity contribution in [2.75, 3.05) is 45.4 Å². The second kappa shape index (κ2) is 19.5. The number of rotatable bonds is 12. The molecule has 0 radical (unpaired) electrons. The number of benzene rings is 4. The number of hydrogen-bond acceptors (Lipinski definition) is 12. The zero-order chi connectivity index (χ0) is 45.8. The van der Waals surface area contributed by atoms with Crippen LogP contribution in [0.5, 0.6) is 0 Å². The quantitative estimate of drug-likeness (QED) is 0.0888. The van der Waals surface area contributed by atoms with Crippen LogP contribution in [0.15, 0.2) is 131 Å². The molecule has 8 rings (SSSR count). The van der Waals surface area contributed by atoms with E-state index in [0.29, 0.717) is 41.0 Å². The van der Waals surface area contributed by atoms with Gasteiger partial charge in [-0.25, -0.2) is 21.5 Å². The molecular formula is C47H54N8O6S3. The standard InChI is InChI=1S/C24H27N3O3S2.C23H27N5O3S/c1-16-14-27(15-17(2)25-16)20-8-11-22(18(3)28)23(13-20)26-32(29,30)21-9-6-19(7-10-21)24-5-4-12-31-24;1-16-14-27(15-17(2)25-16)20-7-10-22(18(3)29)23(13-20)26-32(30,31)21-8-5-19(6-9-21)28-12-4-11-24-28/h2*4-13,16-17,25-26H,14-15H2,1-3H3/t2*16-,17+. The van der Waals surface area contributed by atoms with Gasteiger partial charge in [-0.05, 0) is 137 Å². The number of carbonyl (C=O) groups is 2. The Bertz CT molecular complexity index is 2590. The van der Waals surface area contributed by atoms with Crippen LogP contribution in [0.4, 0.5) is 22.7 Å². The summed E-state index contributed by atoms with van der Waals surface area (Å²) in [5, 5.41) is 13.1. The first-order valence-electron chi connectivity index (χ1n) is 21.1. The van der Waals surface area contributed by atoms with E-state index < -0.39 is 20.0 Å². The molecule has 4 atom stereocenters. The molecule has 0 unspecified atom stereocenters. The lowest BCUT2D eigenvalue weighted by atomic mass is 10.1. The highest BCUT2D eigenvalue weighted by atomic mass is 32.2. The Hall–Kier alpha value is -5.85. The van der Waals surface area contributed by atoms with E-state index in [1.807, 2.05) is 29.6 Å². The maximum Gasteiger partial charge on any atom is 0.261 e. The predicted molar refractivity (Wildman–Crippen MR) is 256 cm³/mol. The minimum atomic E-state index is -3.89. The molecule has 2 aliphatic heterocycles. The van der Waals surface area contributed by atoms with Crippen LogP contribution in [0.25, 0.3) is 16.1 Å². The van der Waals surface area contributed by atoms with Gasteiger partial charge in [-0.3, -0.25) is 19.0 Å². The van der Waals surface area contributed by atoms with Gasteiger partial charge in [0, 0.05) is 90.1 Å². The van der Waals surface area contributed by atoms with Gasteiger partial charge in [0.1, 0.15) is 0 Å². The third kappa shape index (κ3) is 11.1. The Morgan fingerprint density at radius 2 is 1.05 bits per heavy atom. The van der Waals surface area contributed by atoms with Crippen molar-refractivity contribution < 1.29 is 26.4 Å². The summed E-state index contributed by atoms with van der Waals surface area (Å²) >= 11 is 1.60. The molecule has 2 aromatic heterocycles. The van der Waals surface area contributed by atoms with Crippen LogP contribution < -0.4 is 29.9 Å². The zero-order valence-corrected chi connectivity index (χ0v) is 39.1. The molecule has 2 fully saturated rings. The van der Waals surface area contributed by atoms with Crippen molar-refractivity contribution in [3.63, 3.8) is 0 Å². The van der Waals surface area contributed by atoms with Gasteiger partial charge in [0.15, 0.2) is 11.6 Å². The van der Waals surface area contributed by atoms with E-state index >= 15 is 0 Å². The maximum atomic E-state index is 13.1. The van der Waals surface area contributed by atoms with Crippen molar-refractivity contribution in [1.29, 1.82) is 0 Å². The number of nitrogens with zero attached hydrogens (tertiary/aromatic N) is 4. The SMILES string of the molecule is CC(=O)c1ccc(N2C[C@@H](C)N[C@@H](C)C2)cc1NS(=O)(=O)c1ccc(-c2cccs2)cc1.CC(=O)c1ccc(N2C[C@@H](C)N[C@@H](C)C2)cc1NS(=O)(=O)c1ccc(-n2cccn2)cc1. The summed E-state index contributed by atoms with van der Waals surface area (Å²) in [6.45, 7) is 14.5. The Morgan fingerprint density at radius 3 is 1.44 bits per heavy atom. The number of thiophene rings is 1. The van der Waals surface area contributed by atoms with Crippen molar-refractivity contribution in [2.24, 2.45) is 0 Å². The molecule has 0 amide bonds. The van der Waals surface area contributed by atoms with Crippen molar-refractivity contribution in [3.8, 4) is 16.1 Å². The average Bonchev–Trinajstić information content (AvgIpc) is 3.99. The number of nitrogens with one attached hydrogen (secondary N) is 4. The molecule has 4 aromatic carbocycles. The van der Waals surface area contributed by atoms with Crippen LogP contribution in [0.1, 0.15) is 62.3 Å². The highest BCUT2D eigenvalue weighted by molar-refractivity contribution is 7.93. The lowest BCUT2D eigenvalue weighted by Crippen LogP contribution is -2.54. The van der Waals surface area contributed by atoms with E-state index in [1.165, 1.54) is 26.0 Å². The van der Waals surface area contributed by atoms with Crippen LogP contribution in [-0.2, 0) is 20.0 Å². The molecule has 2 aliphatic rings. The van der Waals surface area contributed by atoms with Crippen molar-refractivity contribution in [1.82, 2.24) is 20.4 Å². The molecule has 336 valence electrons. The topological polar surface area (TPSA) is 175 Å². The highest BCUT2D eigenvalue weighted by Gasteiger charge is 2.26. The number of aromatic nitrogens is 2. The molecule has 64 heavy (non-hydrogen) atoms. The van der Waals surface area contributed by atoms with E-state index in [1.54, 1.807) is 95.1 Å². The second-order valence-corrected chi connectivity index (χ2v) is 20.8. The highest BCUT2D eigenvalue weighted by Crippen LogP contribution is 2.31. The number of anilines is 4. The third-order valence-electron chi connectivity index (χ3n) is 11.0. The average molecular weight is 923 g/mol. The number of ketones is 2. The first kappa shape index (κ1) is 46.2. The molecule has 0 aliphatic carbocycles. The van der Waals surface area contributed by atoms with Crippen LogP contribution in [0.2, 0.25) is 0 Å². The molecule has 14 nitrogen and oxygen atoms in total.